The first-order valence-electron chi connectivity index (χ1n) is 14.9. The molecule has 0 bridgehead atoms. The van der Waals surface area contributed by atoms with E-state index < -0.39 is 26.2 Å². The highest BCUT2D eigenvalue weighted by molar-refractivity contribution is 8.24. The Labute approximate surface area is 250 Å². The third-order valence-corrected chi connectivity index (χ3v) is 12.0. The lowest BCUT2D eigenvalue weighted by molar-refractivity contribution is 0.0928. The van der Waals surface area contributed by atoms with Crippen LogP contribution in [0, 0.1) is 12.8 Å². The topological polar surface area (TPSA) is 134 Å². The molecule has 2 heterocycles. The molecule has 1 aliphatic carbocycles. The lowest BCUT2D eigenvalue weighted by atomic mass is 9.89. The molecular weight excluding hydrogens is 572 g/mol. The van der Waals surface area contributed by atoms with E-state index >= 15 is 0 Å². The second-order valence-corrected chi connectivity index (χ2v) is 17.0. The van der Waals surface area contributed by atoms with Gasteiger partial charge in [-0.2, -0.15) is 10.6 Å². The monoisotopic (exact) mass is 616 g/mol. The SMILES string of the molecule is Cc1c(C(=O)NC2CCS(O)(O)CC2)nc(-c2ccc(S(=O)(=O)NC(C)(C)C)c3ccccc23)n1CC1CCCCC1. The second kappa shape index (κ2) is 11.9. The number of amides is 1. The molecule has 1 aromatic heterocycles. The van der Waals surface area contributed by atoms with Gasteiger partial charge in [0.15, 0.2) is 0 Å². The van der Waals surface area contributed by atoms with Crippen molar-refractivity contribution in [2.45, 2.75) is 95.7 Å². The maximum atomic E-state index is 13.6. The van der Waals surface area contributed by atoms with Crippen molar-refractivity contribution in [3.63, 3.8) is 0 Å². The van der Waals surface area contributed by atoms with Gasteiger partial charge in [-0.15, -0.1) is 0 Å². The van der Waals surface area contributed by atoms with Crippen molar-refractivity contribution in [2.75, 3.05) is 11.5 Å². The van der Waals surface area contributed by atoms with Crippen LogP contribution in [0.25, 0.3) is 22.2 Å². The minimum absolute atomic E-state index is 0.135. The Balaban J connectivity index is 1.57. The highest BCUT2D eigenvalue weighted by Gasteiger charge is 2.30. The van der Waals surface area contributed by atoms with E-state index in [4.69, 9.17) is 4.98 Å². The van der Waals surface area contributed by atoms with Gasteiger partial charge in [-0.1, -0.05) is 43.5 Å². The van der Waals surface area contributed by atoms with Crippen LogP contribution in [-0.2, 0) is 16.6 Å². The molecule has 0 atom stereocenters. The van der Waals surface area contributed by atoms with Gasteiger partial charge < -0.3 is 9.88 Å². The average Bonchev–Trinajstić information content (AvgIpc) is 3.24. The first-order valence-corrected chi connectivity index (χ1v) is 18.3. The van der Waals surface area contributed by atoms with Gasteiger partial charge >= 0.3 is 0 Å². The van der Waals surface area contributed by atoms with E-state index in [2.05, 4.69) is 14.6 Å². The maximum absolute atomic E-state index is 13.6. The minimum Gasteiger partial charge on any atom is -0.348 e. The molecule has 0 spiro atoms. The number of aromatic nitrogens is 2. The van der Waals surface area contributed by atoms with Gasteiger partial charge in [-0.25, -0.2) is 18.1 Å². The van der Waals surface area contributed by atoms with Gasteiger partial charge in [-0.05, 0) is 76.8 Å². The molecule has 1 saturated carbocycles. The fourth-order valence-corrected chi connectivity index (χ4v) is 9.43. The third kappa shape index (κ3) is 6.86. The van der Waals surface area contributed by atoms with E-state index in [-0.39, 0.29) is 16.8 Å². The molecule has 1 saturated heterocycles. The van der Waals surface area contributed by atoms with Crippen molar-refractivity contribution in [1.82, 2.24) is 19.6 Å². The number of imidazole rings is 1. The fraction of sp³-hybridized carbons (Fsp3) is 0.548. The molecule has 2 aromatic carbocycles. The fourth-order valence-electron chi connectivity index (χ4n) is 6.27. The molecule has 11 heteroatoms. The highest BCUT2D eigenvalue weighted by Crippen LogP contribution is 2.44. The number of sulfonamides is 1. The summed E-state index contributed by atoms with van der Waals surface area (Å²) in [4.78, 5) is 18.7. The Morgan fingerprint density at radius 3 is 2.29 bits per heavy atom. The molecule has 3 aromatic rings. The van der Waals surface area contributed by atoms with Crippen LogP contribution in [-0.4, -0.2) is 56.1 Å². The largest absolute Gasteiger partial charge is 0.348 e. The van der Waals surface area contributed by atoms with Crippen LogP contribution in [0.5, 0.6) is 0 Å². The summed E-state index contributed by atoms with van der Waals surface area (Å²) in [6.07, 6.45) is 6.93. The zero-order valence-corrected chi connectivity index (χ0v) is 26.7. The quantitative estimate of drug-likeness (QED) is 0.246. The van der Waals surface area contributed by atoms with Gasteiger partial charge in [0.2, 0.25) is 10.0 Å². The Hall–Kier alpha value is -2.44. The molecule has 2 fully saturated rings. The van der Waals surface area contributed by atoms with Crippen molar-refractivity contribution in [3.05, 3.63) is 47.8 Å². The number of hydrogen-bond donors (Lipinski definition) is 4. The summed E-state index contributed by atoms with van der Waals surface area (Å²) < 4.78 is 51.7. The number of fused-ring (bicyclic) bond motifs is 1. The summed E-state index contributed by atoms with van der Waals surface area (Å²) in [6.45, 7) is 8.12. The van der Waals surface area contributed by atoms with Gasteiger partial charge in [0.25, 0.3) is 5.91 Å². The van der Waals surface area contributed by atoms with Gasteiger partial charge in [-0.3, -0.25) is 13.9 Å². The molecule has 230 valence electrons. The Bertz CT molecular complexity index is 1560. The predicted molar refractivity (Wildman–Crippen MR) is 170 cm³/mol. The number of benzene rings is 2. The summed E-state index contributed by atoms with van der Waals surface area (Å²) in [7, 11) is -6.34. The number of nitrogens with one attached hydrogen (secondary N) is 2. The lowest BCUT2D eigenvalue weighted by Gasteiger charge is -2.39. The molecule has 42 heavy (non-hydrogen) atoms. The van der Waals surface area contributed by atoms with Crippen molar-refractivity contribution < 1.29 is 22.3 Å². The third-order valence-electron chi connectivity index (χ3n) is 8.38. The van der Waals surface area contributed by atoms with E-state index in [1.54, 1.807) is 6.07 Å². The van der Waals surface area contributed by atoms with E-state index in [1.165, 1.54) is 19.3 Å². The summed E-state index contributed by atoms with van der Waals surface area (Å²) in [5, 5.41) is 4.44. The van der Waals surface area contributed by atoms with Crippen LogP contribution in [0.1, 0.15) is 81.9 Å². The Kier molecular flexibility index (Phi) is 8.80. The molecule has 0 unspecified atom stereocenters. The van der Waals surface area contributed by atoms with Gasteiger partial charge in [0.1, 0.15) is 11.5 Å². The van der Waals surface area contributed by atoms with Gasteiger partial charge in [0, 0.05) is 46.3 Å². The maximum Gasteiger partial charge on any atom is 0.271 e. The number of nitrogens with zero attached hydrogens (tertiary/aromatic N) is 2. The van der Waals surface area contributed by atoms with E-state index in [0.717, 1.165) is 36.0 Å². The molecule has 1 amide bonds. The van der Waals surface area contributed by atoms with E-state index in [1.807, 2.05) is 58.0 Å². The number of carbonyl (C=O) groups excluding carboxylic acids is 1. The average molecular weight is 617 g/mol. The smallest absolute Gasteiger partial charge is 0.271 e. The predicted octanol–water partition coefficient (Wildman–Crippen LogP) is 6.31. The standard InChI is InChI=1S/C31H44N4O5S2/c1-21-28(30(36)32-23-16-18-41(37,38)19-17-23)33-29(35(21)20-22-10-6-5-7-11-22)26-14-15-27(25-13-9-8-12-24(25)26)42(39,40)34-31(2,3)4/h8-9,12-15,22-23,34,37-38H,5-7,10-11,16-20H2,1-4H3,(H,32,36). The van der Waals surface area contributed by atoms with E-state index in [0.29, 0.717) is 47.2 Å². The van der Waals surface area contributed by atoms with E-state index in [9.17, 15) is 22.3 Å². The molecule has 5 rings (SSSR count). The van der Waals surface area contributed by atoms with Crippen LogP contribution in [0.3, 0.4) is 0 Å². The van der Waals surface area contributed by atoms with Crippen LogP contribution in [0.2, 0.25) is 0 Å². The Morgan fingerprint density at radius 2 is 1.64 bits per heavy atom. The Morgan fingerprint density at radius 1 is 1.00 bits per heavy atom. The summed E-state index contributed by atoms with van der Waals surface area (Å²) in [5.74, 6) is 1.46. The normalized spacial score (nSPS) is 19.6. The molecule has 9 nitrogen and oxygen atoms in total. The minimum atomic E-state index is -3.79. The van der Waals surface area contributed by atoms with Crippen molar-refractivity contribution in [1.29, 1.82) is 0 Å². The molecule has 4 N–H and O–H groups in total. The molecule has 1 aliphatic heterocycles. The number of carbonyl (C=O) groups is 1. The zero-order chi connectivity index (χ0) is 30.3. The highest BCUT2D eigenvalue weighted by atomic mass is 32.3. The van der Waals surface area contributed by atoms with Crippen molar-refractivity contribution >= 4 is 37.3 Å². The summed E-state index contributed by atoms with van der Waals surface area (Å²) in [6, 6.07) is 10.8. The molecular formula is C31H44N4O5S2. The first-order chi connectivity index (χ1) is 19.7. The van der Waals surface area contributed by atoms with Gasteiger partial charge in [0.05, 0.1) is 4.90 Å². The summed E-state index contributed by atoms with van der Waals surface area (Å²) >= 11 is 0. The molecule has 2 aliphatic rings. The lowest BCUT2D eigenvalue weighted by Crippen LogP contribution is -2.40. The first kappa shape index (κ1) is 31.0. The number of hydrogen-bond acceptors (Lipinski definition) is 6. The second-order valence-electron chi connectivity index (χ2n) is 13.0. The van der Waals surface area contributed by atoms with Crippen LogP contribution < -0.4 is 10.0 Å². The molecule has 0 radical (unpaired) electrons. The number of rotatable bonds is 7. The summed E-state index contributed by atoms with van der Waals surface area (Å²) in [5.41, 5.74) is 1.28. The zero-order valence-electron chi connectivity index (χ0n) is 25.0. The van der Waals surface area contributed by atoms with Crippen molar-refractivity contribution in [2.24, 2.45) is 5.92 Å². The van der Waals surface area contributed by atoms with Crippen molar-refractivity contribution in [3.8, 4) is 11.4 Å². The van der Waals surface area contributed by atoms with Crippen LogP contribution in [0.15, 0.2) is 41.3 Å². The van der Waals surface area contributed by atoms with Crippen LogP contribution >= 0.6 is 10.6 Å². The van der Waals surface area contributed by atoms with Crippen LogP contribution in [0.4, 0.5) is 0 Å².